The molecule has 0 fully saturated rings. The van der Waals surface area contributed by atoms with E-state index >= 15 is 0 Å². The zero-order chi connectivity index (χ0) is 20.1. The SMILES string of the molecule is CC(C)(C(=O)Oc1ccc(C(=O)Nc2cccnc2)cc1)c1ccc(F)cc1. The van der Waals surface area contributed by atoms with Crippen molar-refractivity contribution >= 4 is 17.6 Å². The molecule has 3 rings (SSSR count). The lowest BCUT2D eigenvalue weighted by Gasteiger charge is -2.23. The highest BCUT2D eigenvalue weighted by molar-refractivity contribution is 6.04. The minimum atomic E-state index is -0.954. The molecule has 0 aliphatic heterocycles. The van der Waals surface area contributed by atoms with Crippen LogP contribution in [0.15, 0.2) is 73.1 Å². The van der Waals surface area contributed by atoms with Gasteiger partial charge in [-0.2, -0.15) is 0 Å². The third-order valence-corrected chi connectivity index (χ3v) is 4.32. The van der Waals surface area contributed by atoms with Gasteiger partial charge in [0.25, 0.3) is 5.91 Å². The summed E-state index contributed by atoms with van der Waals surface area (Å²) in [6.07, 6.45) is 3.16. The van der Waals surface area contributed by atoms with Crippen LogP contribution in [-0.4, -0.2) is 16.9 Å². The fourth-order valence-corrected chi connectivity index (χ4v) is 2.53. The number of ether oxygens (including phenoxy) is 1. The number of anilines is 1. The Kier molecular flexibility index (Phi) is 5.49. The van der Waals surface area contributed by atoms with E-state index in [1.165, 1.54) is 12.1 Å². The minimum Gasteiger partial charge on any atom is -0.426 e. The Morgan fingerprint density at radius 3 is 2.29 bits per heavy atom. The van der Waals surface area contributed by atoms with Gasteiger partial charge in [0, 0.05) is 11.8 Å². The van der Waals surface area contributed by atoms with Crippen LogP contribution in [0.3, 0.4) is 0 Å². The van der Waals surface area contributed by atoms with Crippen LogP contribution in [0.4, 0.5) is 10.1 Å². The number of nitrogens with one attached hydrogen (secondary N) is 1. The minimum absolute atomic E-state index is 0.294. The van der Waals surface area contributed by atoms with Crippen molar-refractivity contribution in [1.82, 2.24) is 4.98 Å². The molecule has 2 aromatic carbocycles. The van der Waals surface area contributed by atoms with Gasteiger partial charge in [-0.3, -0.25) is 14.6 Å². The van der Waals surface area contributed by atoms with Gasteiger partial charge in [-0.15, -0.1) is 0 Å². The molecule has 1 N–H and O–H groups in total. The first-order chi connectivity index (χ1) is 13.4. The normalized spacial score (nSPS) is 11.0. The Hall–Kier alpha value is -3.54. The van der Waals surface area contributed by atoms with E-state index in [2.05, 4.69) is 10.3 Å². The van der Waals surface area contributed by atoms with Crippen molar-refractivity contribution in [2.24, 2.45) is 0 Å². The molecule has 0 spiro atoms. The number of carbonyl (C=O) groups excluding carboxylic acids is 2. The molecule has 0 saturated carbocycles. The predicted octanol–water partition coefficient (Wildman–Crippen LogP) is 4.36. The lowest BCUT2D eigenvalue weighted by molar-refractivity contribution is -0.139. The van der Waals surface area contributed by atoms with Crippen molar-refractivity contribution < 1.29 is 18.7 Å². The van der Waals surface area contributed by atoms with Gasteiger partial charge in [0.2, 0.25) is 0 Å². The van der Waals surface area contributed by atoms with Gasteiger partial charge < -0.3 is 10.1 Å². The fraction of sp³-hybridized carbons (Fsp3) is 0.136. The summed E-state index contributed by atoms with van der Waals surface area (Å²) in [7, 11) is 0. The highest BCUT2D eigenvalue weighted by Gasteiger charge is 2.32. The molecule has 142 valence electrons. The Labute approximate surface area is 162 Å². The number of benzene rings is 2. The van der Waals surface area contributed by atoms with E-state index in [-0.39, 0.29) is 11.7 Å². The molecule has 5 nitrogen and oxygen atoms in total. The topological polar surface area (TPSA) is 68.3 Å². The lowest BCUT2D eigenvalue weighted by atomic mass is 9.85. The third-order valence-electron chi connectivity index (χ3n) is 4.32. The van der Waals surface area contributed by atoms with E-state index in [0.29, 0.717) is 22.6 Å². The first-order valence-corrected chi connectivity index (χ1v) is 8.66. The summed E-state index contributed by atoms with van der Waals surface area (Å²) in [5, 5.41) is 2.73. The Morgan fingerprint density at radius 1 is 1.00 bits per heavy atom. The molecular weight excluding hydrogens is 359 g/mol. The summed E-state index contributed by atoms with van der Waals surface area (Å²) < 4.78 is 18.6. The maximum Gasteiger partial charge on any atom is 0.321 e. The van der Waals surface area contributed by atoms with E-state index in [0.717, 1.165) is 0 Å². The number of rotatable bonds is 5. The summed E-state index contributed by atoms with van der Waals surface area (Å²) in [5.41, 5.74) is 0.696. The van der Waals surface area contributed by atoms with E-state index in [4.69, 9.17) is 4.74 Å². The molecule has 0 radical (unpaired) electrons. The number of carbonyl (C=O) groups is 2. The van der Waals surface area contributed by atoms with Crippen LogP contribution in [0.25, 0.3) is 0 Å². The van der Waals surface area contributed by atoms with Gasteiger partial charge in [0.15, 0.2) is 0 Å². The quantitative estimate of drug-likeness (QED) is 0.529. The first-order valence-electron chi connectivity index (χ1n) is 8.66. The molecule has 0 atom stereocenters. The molecule has 0 aliphatic carbocycles. The smallest absolute Gasteiger partial charge is 0.321 e. The fourth-order valence-electron chi connectivity index (χ4n) is 2.53. The number of amides is 1. The first kappa shape index (κ1) is 19.2. The summed E-state index contributed by atoms with van der Waals surface area (Å²) >= 11 is 0. The van der Waals surface area contributed by atoms with Crippen LogP contribution in [0.5, 0.6) is 5.75 Å². The number of nitrogens with zero attached hydrogens (tertiary/aromatic N) is 1. The zero-order valence-electron chi connectivity index (χ0n) is 15.5. The largest absolute Gasteiger partial charge is 0.426 e. The van der Waals surface area contributed by atoms with Crippen molar-refractivity contribution in [3.05, 3.63) is 90.0 Å². The average molecular weight is 378 g/mol. The molecule has 3 aromatic rings. The monoisotopic (exact) mass is 378 g/mol. The number of pyridine rings is 1. The molecule has 0 unspecified atom stereocenters. The maximum atomic E-state index is 13.1. The Morgan fingerprint density at radius 2 is 1.68 bits per heavy atom. The van der Waals surface area contributed by atoms with Crippen LogP contribution < -0.4 is 10.1 Å². The number of hydrogen-bond acceptors (Lipinski definition) is 4. The van der Waals surface area contributed by atoms with Crippen molar-refractivity contribution in [2.75, 3.05) is 5.32 Å². The Bertz CT molecular complexity index is 969. The second-order valence-corrected chi connectivity index (χ2v) is 6.74. The molecule has 0 aliphatic rings. The zero-order valence-corrected chi connectivity index (χ0v) is 15.5. The number of halogens is 1. The van der Waals surface area contributed by atoms with Crippen LogP contribution in [0, 0.1) is 5.82 Å². The van der Waals surface area contributed by atoms with Gasteiger partial charge in [0.05, 0.1) is 17.3 Å². The number of esters is 1. The summed E-state index contributed by atoms with van der Waals surface area (Å²) in [6.45, 7) is 3.41. The molecule has 6 heteroatoms. The standard InChI is InChI=1S/C22H19FN2O3/c1-22(2,16-7-9-17(23)10-8-16)21(27)28-19-11-5-15(6-12-19)20(26)25-18-4-3-13-24-14-18/h3-14H,1-2H3,(H,25,26). The van der Waals surface area contributed by atoms with E-state index < -0.39 is 11.4 Å². The highest BCUT2D eigenvalue weighted by atomic mass is 19.1. The summed E-state index contributed by atoms with van der Waals surface area (Å²) in [6, 6.07) is 15.4. The average Bonchev–Trinajstić information content (AvgIpc) is 2.69. The van der Waals surface area contributed by atoms with Crippen molar-refractivity contribution in [2.45, 2.75) is 19.3 Å². The molecule has 0 saturated heterocycles. The number of aromatic nitrogens is 1. The second kappa shape index (κ2) is 8.00. The second-order valence-electron chi connectivity index (χ2n) is 6.74. The van der Waals surface area contributed by atoms with Gasteiger partial charge in [-0.05, 0) is 67.9 Å². The van der Waals surface area contributed by atoms with Gasteiger partial charge in [0.1, 0.15) is 11.6 Å². The summed E-state index contributed by atoms with van der Waals surface area (Å²) in [5.74, 6) is -0.824. The molecule has 0 bridgehead atoms. The van der Waals surface area contributed by atoms with Gasteiger partial charge in [-0.25, -0.2) is 4.39 Å². The Balaban J connectivity index is 1.67. The summed E-state index contributed by atoms with van der Waals surface area (Å²) in [4.78, 5) is 28.8. The van der Waals surface area contributed by atoms with Crippen molar-refractivity contribution in [3.63, 3.8) is 0 Å². The van der Waals surface area contributed by atoms with Crippen molar-refractivity contribution in [1.29, 1.82) is 0 Å². The van der Waals surface area contributed by atoms with Crippen LogP contribution in [0.2, 0.25) is 0 Å². The van der Waals surface area contributed by atoms with E-state index in [9.17, 15) is 14.0 Å². The highest BCUT2D eigenvalue weighted by Crippen LogP contribution is 2.26. The van der Waals surface area contributed by atoms with E-state index in [1.807, 2.05) is 0 Å². The molecule has 1 heterocycles. The molecule has 1 amide bonds. The number of hydrogen-bond donors (Lipinski definition) is 1. The molecule has 1 aromatic heterocycles. The van der Waals surface area contributed by atoms with E-state index in [1.54, 1.807) is 74.8 Å². The van der Waals surface area contributed by atoms with Crippen LogP contribution in [0.1, 0.15) is 29.8 Å². The van der Waals surface area contributed by atoms with Crippen molar-refractivity contribution in [3.8, 4) is 5.75 Å². The maximum absolute atomic E-state index is 13.1. The molecule has 28 heavy (non-hydrogen) atoms. The predicted molar refractivity (Wildman–Crippen MR) is 104 cm³/mol. The van der Waals surface area contributed by atoms with Gasteiger partial charge >= 0.3 is 5.97 Å². The van der Waals surface area contributed by atoms with Crippen LogP contribution >= 0.6 is 0 Å². The van der Waals surface area contributed by atoms with Crippen LogP contribution in [-0.2, 0) is 10.2 Å². The molecular formula is C22H19FN2O3. The lowest BCUT2D eigenvalue weighted by Crippen LogP contribution is -2.33. The van der Waals surface area contributed by atoms with Gasteiger partial charge in [-0.1, -0.05) is 12.1 Å². The third kappa shape index (κ3) is 4.40.